The fraction of sp³-hybridized carbons (Fsp3) is 0.192. The van der Waals surface area contributed by atoms with E-state index < -0.39 is 22.8 Å². The topological polar surface area (TPSA) is 124 Å². The number of nitrogens with zero attached hydrogens (tertiary/aromatic N) is 3. The lowest BCUT2D eigenvalue weighted by Crippen LogP contribution is -2.54. The van der Waals surface area contributed by atoms with Crippen LogP contribution in [0.15, 0.2) is 48.0 Å². The number of rotatable bonds is 5. The van der Waals surface area contributed by atoms with E-state index in [0.717, 1.165) is 21.7 Å². The Hall–Kier alpha value is -4.73. The first kappa shape index (κ1) is 24.4. The lowest BCUT2D eigenvalue weighted by Gasteiger charge is -2.27. The minimum absolute atomic E-state index is 0.110. The first-order valence-electron chi connectivity index (χ1n) is 11.0. The second kappa shape index (κ2) is 9.14. The molecule has 1 saturated heterocycles. The molecule has 4 amide bonds. The van der Waals surface area contributed by atoms with Crippen LogP contribution >= 0.6 is 0 Å². The fourth-order valence-electron chi connectivity index (χ4n) is 4.40. The number of benzene rings is 2. The number of anilines is 1. The van der Waals surface area contributed by atoms with E-state index >= 15 is 0 Å². The number of nitrogens with one attached hydrogen (secondary N) is 1. The largest absolute Gasteiger partial charge is 0.494 e. The lowest BCUT2D eigenvalue weighted by atomic mass is 10.1. The number of carbonyl (C=O) groups excluding carboxylic acids is 3. The number of carbonyl (C=O) groups is 3. The summed E-state index contributed by atoms with van der Waals surface area (Å²) in [6.07, 6.45) is 1.44. The van der Waals surface area contributed by atoms with Crippen LogP contribution in [0.1, 0.15) is 28.1 Å². The Morgan fingerprint density at radius 3 is 2.25 bits per heavy atom. The van der Waals surface area contributed by atoms with Gasteiger partial charge in [-0.3, -0.25) is 25.0 Å². The molecule has 1 aliphatic rings. The second-order valence-corrected chi connectivity index (χ2v) is 8.58. The number of urea groups is 1. The Morgan fingerprint density at radius 1 is 0.972 bits per heavy atom. The highest BCUT2D eigenvalue weighted by atomic mass is 16.6. The van der Waals surface area contributed by atoms with E-state index in [-0.39, 0.29) is 11.3 Å². The van der Waals surface area contributed by atoms with Crippen LogP contribution in [-0.4, -0.2) is 34.4 Å². The summed E-state index contributed by atoms with van der Waals surface area (Å²) in [7, 11) is 1.42. The molecule has 2 heterocycles. The molecule has 0 atom stereocenters. The van der Waals surface area contributed by atoms with Gasteiger partial charge in [-0.25, -0.2) is 9.69 Å². The van der Waals surface area contributed by atoms with E-state index in [1.165, 1.54) is 25.3 Å². The Labute approximate surface area is 206 Å². The van der Waals surface area contributed by atoms with Crippen molar-refractivity contribution in [2.75, 3.05) is 12.0 Å². The molecule has 10 nitrogen and oxygen atoms in total. The number of aromatic nitrogens is 1. The van der Waals surface area contributed by atoms with E-state index in [1.807, 2.05) is 31.4 Å². The van der Waals surface area contributed by atoms with Gasteiger partial charge >= 0.3 is 6.03 Å². The standard InChI is InChI=1S/C26H24N4O6/c1-14-8-15(2)10-20(9-14)29-25(32)21(24(31)27-26(29)33)12-18-11-16(3)28(17(18)4)22-7-6-19(30(34)35)13-23(22)36-5/h6-13H,1-5H3,(H,27,31,33)/b21-12+. The van der Waals surface area contributed by atoms with Crippen molar-refractivity contribution in [3.05, 3.63) is 86.2 Å². The molecule has 10 heteroatoms. The van der Waals surface area contributed by atoms with E-state index in [2.05, 4.69) is 5.32 Å². The number of amides is 4. The third-order valence-electron chi connectivity index (χ3n) is 5.95. The summed E-state index contributed by atoms with van der Waals surface area (Å²) in [6.45, 7) is 7.32. The van der Waals surface area contributed by atoms with Crippen molar-refractivity contribution in [3.63, 3.8) is 0 Å². The van der Waals surface area contributed by atoms with Gasteiger partial charge in [0.1, 0.15) is 11.3 Å². The summed E-state index contributed by atoms with van der Waals surface area (Å²) >= 11 is 0. The Morgan fingerprint density at radius 2 is 1.64 bits per heavy atom. The molecule has 0 radical (unpaired) electrons. The Kier molecular flexibility index (Phi) is 6.19. The number of nitro benzene ring substituents is 1. The summed E-state index contributed by atoms with van der Waals surface area (Å²) in [5, 5.41) is 13.4. The molecule has 184 valence electrons. The van der Waals surface area contributed by atoms with Crippen LogP contribution in [0, 0.1) is 37.8 Å². The van der Waals surface area contributed by atoms with Crippen molar-refractivity contribution in [3.8, 4) is 11.4 Å². The lowest BCUT2D eigenvalue weighted by molar-refractivity contribution is -0.384. The molecule has 1 N–H and O–H groups in total. The molecule has 36 heavy (non-hydrogen) atoms. The maximum absolute atomic E-state index is 13.3. The van der Waals surface area contributed by atoms with E-state index in [0.29, 0.717) is 28.4 Å². The minimum atomic E-state index is -0.812. The van der Waals surface area contributed by atoms with Gasteiger partial charge in [0, 0.05) is 17.5 Å². The van der Waals surface area contributed by atoms with E-state index in [4.69, 9.17) is 4.74 Å². The van der Waals surface area contributed by atoms with Crippen molar-refractivity contribution in [1.82, 2.24) is 9.88 Å². The third-order valence-corrected chi connectivity index (χ3v) is 5.95. The van der Waals surface area contributed by atoms with Crippen LogP contribution in [-0.2, 0) is 9.59 Å². The molecule has 4 rings (SSSR count). The number of barbiturate groups is 1. The number of hydrogen-bond acceptors (Lipinski definition) is 6. The highest BCUT2D eigenvalue weighted by molar-refractivity contribution is 6.39. The zero-order chi connectivity index (χ0) is 26.3. The highest BCUT2D eigenvalue weighted by Crippen LogP contribution is 2.32. The van der Waals surface area contributed by atoms with Gasteiger partial charge < -0.3 is 9.30 Å². The predicted octanol–water partition coefficient (Wildman–Crippen LogP) is 4.29. The van der Waals surface area contributed by atoms with Gasteiger partial charge in [0.15, 0.2) is 0 Å². The smallest absolute Gasteiger partial charge is 0.335 e. The molecular formula is C26H24N4O6. The number of imide groups is 2. The van der Waals surface area contributed by atoms with Gasteiger partial charge in [-0.15, -0.1) is 0 Å². The van der Waals surface area contributed by atoms with Crippen LogP contribution in [0.5, 0.6) is 5.75 Å². The average molecular weight is 489 g/mol. The number of nitro groups is 1. The number of aryl methyl sites for hydroxylation is 3. The summed E-state index contributed by atoms with van der Waals surface area (Å²) in [4.78, 5) is 50.2. The molecular weight excluding hydrogens is 464 g/mol. The van der Waals surface area contributed by atoms with Crippen LogP contribution < -0.4 is 15.0 Å². The normalized spacial score (nSPS) is 14.9. The quantitative estimate of drug-likeness (QED) is 0.247. The monoisotopic (exact) mass is 488 g/mol. The van der Waals surface area contributed by atoms with Crippen LogP contribution in [0.2, 0.25) is 0 Å². The van der Waals surface area contributed by atoms with Gasteiger partial charge in [-0.1, -0.05) is 6.07 Å². The number of ether oxygens (including phenoxy) is 1. The maximum Gasteiger partial charge on any atom is 0.335 e. The van der Waals surface area contributed by atoms with Crippen LogP contribution in [0.25, 0.3) is 11.8 Å². The zero-order valence-electron chi connectivity index (χ0n) is 20.4. The van der Waals surface area contributed by atoms with Gasteiger partial charge in [0.25, 0.3) is 17.5 Å². The third kappa shape index (κ3) is 4.24. The van der Waals surface area contributed by atoms with Crippen LogP contribution in [0.4, 0.5) is 16.2 Å². The SMILES string of the molecule is COc1cc([N+](=O)[O-])ccc1-n1c(C)cc(/C=C2\C(=O)NC(=O)N(c3cc(C)cc(C)c3)C2=O)c1C. The molecule has 0 aliphatic carbocycles. The highest BCUT2D eigenvalue weighted by Gasteiger charge is 2.37. The van der Waals surface area contributed by atoms with Crippen molar-refractivity contribution >= 4 is 35.3 Å². The van der Waals surface area contributed by atoms with Gasteiger partial charge in [-0.2, -0.15) is 0 Å². The average Bonchev–Trinajstić information content (AvgIpc) is 3.07. The molecule has 3 aromatic rings. The zero-order valence-corrected chi connectivity index (χ0v) is 20.4. The molecule has 1 aromatic heterocycles. The maximum atomic E-state index is 13.3. The fourth-order valence-corrected chi connectivity index (χ4v) is 4.40. The summed E-state index contributed by atoms with van der Waals surface area (Å²) in [6, 6.07) is 10.6. The van der Waals surface area contributed by atoms with Crippen molar-refractivity contribution < 1.29 is 24.0 Å². The first-order chi connectivity index (χ1) is 17.0. The summed E-state index contributed by atoms with van der Waals surface area (Å²) < 4.78 is 7.20. The molecule has 0 saturated carbocycles. The van der Waals surface area contributed by atoms with Crippen molar-refractivity contribution in [2.24, 2.45) is 0 Å². The van der Waals surface area contributed by atoms with Gasteiger partial charge in [-0.05, 0) is 74.7 Å². The summed E-state index contributed by atoms with van der Waals surface area (Å²) in [5.41, 5.74) is 4.36. The van der Waals surface area contributed by atoms with Crippen molar-refractivity contribution in [1.29, 1.82) is 0 Å². The molecule has 1 fully saturated rings. The molecule has 0 unspecified atom stereocenters. The summed E-state index contributed by atoms with van der Waals surface area (Å²) in [5.74, 6) is -1.22. The number of hydrogen-bond donors (Lipinski definition) is 1. The van der Waals surface area contributed by atoms with Crippen LogP contribution in [0.3, 0.4) is 0 Å². The molecule has 2 aromatic carbocycles. The Balaban J connectivity index is 1.79. The molecule has 0 bridgehead atoms. The first-order valence-corrected chi connectivity index (χ1v) is 11.0. The Bertz CT molecular complexity index is 1460. The minimum Gasteiger partial charge on any atom is -0.494 e. The van der Waals surface area contributed by atoms with Gasteiger partial charge in [0.05, 0.1) is 29.5 Å². The van der Waals surface area contributed by atoms with E-state index in [9.17, 15) is 24.5 Å². The number of methoxy groups -OCH3 is 1. The van der Waals surface area contributed by atoms with Gasteiger partial charge in [0.2, 0.25) is 0 Å². The van der Waals surface area contributed by atoms with E-state index in [1.54, 1.807) is 31.2 Å². The van der Waals surface area contributed by atoms with Crippen molar-refractivity contribution in [2.45, 2.75) is 27.7 Å². The predicted molar refractivity (Wildman–Crippen MR) is 133 cm³/mol. The second-order valence-electron chi connectivity index (χ2n) is 8.58. The molecule has 1 aliphatic heterocycles. The number of non-ortho nitro benzene ring substituents is 1. The molecule has 0 spiro atoms.